The molecule has 1 aliphatic carbocycles. The summed E-state index contributed by atoms with van der Waals surface area (Å²) in [6.45, 7) is 5.66. The van der Waals surface area contributed by atoms with Crippen LogP contribution in [0.15, 0.2) is 0 Å². The average Bonchev–Trinajstić information content (AvgIpc) is 2.60. The second kappa shape index (κ2) is 7.20. The summed E-state index contributed by atoms with van der Waals surface area (Å²) < 4.78 is 5.14. The van der Waals surface area contributed by atoms with Crippen LogP contribution in [0.3, 0.4) is 0 Å². The predicted molar refractivity (Wildman–Crippen MR) is 69.8 cm³/mol. The molecule has 0 saturated heterocycles. The molecule has 1 aliphatic rings. The van der Waals surface area contributed by atoms with E-state index in [4.69, 9.17) is 4.74 Å². The minimum Gasteiger partial charge on any atom is -0.463 e. The molecule has 2 unspecified atom stereocenters. The summed E-state index contributed by atoms with van der Waals surface area (Å²) in [5.41, 5.74) is 0. The van der Waals surface area contributed by atoms with Crippen molar-refractivity contribution < 1.29 is 14.3 Å². The highest BCUT2D eigenvalue weighted by molar-refractivity contribution is 5.84. The second-order valence-electron chi connectivity index (χ2n) is 5.03. The van der Waals surface area contributed by atoms with Crippen LogP contribution in [0.2, 0.25) is 0 Å². The zero-order valence-electron chi connectivity index (χ0n) is 11.5. The van der Waals surface area contributed by atoms with Gasteiger partial charge in [-0.1, -0.05) is 6.92 Å². The molecule has 0 aromatic carbocycles. The van der Waals surface area contributed by atoms with E-state index in [2.05, 4.69) is 11.8 Å². The van der Waals surface area contributed by atoms with Crippen molar-refractivity contribution in [3.63, 3.8) is 0 Å². The molecule has 0 heterocycles. The third-order valence-corrected chi connectivity index (χ3v) is 3.16. The van der Waals surface area contributed by atoms with Gasteiger partial charge in [-0.3, -0.25) is 9.59 Å². The lowest BCUT2D eigenvalue weighted by Gasteiger charge is -2.16. The van der Waals surface area contributed by atoms with Crippen LogP contribution in [0, 0.1) is 23.7 Å². The normalized spacial score (nSPS) is 22.8. The monoisotopic (exact) mass is 250 g/mol. The van der Waals surface area contributed by atoms with Crippen LogP contribution in [0.1, 0.15) is 52.9 Å². The number of ketones is 1. The van der Waals surface area contributed by atoms with Crippen LogP contribution < -0.4 is 0 Å². The average molecular weight is 250 g/mol. The molecule has 0 aromatic heterocycles. The first kappa shape index (κ1) is 14.8. The molecule has 0 radical (unpaired) electrons. The minimum absolute atomic E-state index is 0.0660. The van der Waals surface area contributed by atoms with E-state index in [1.807, 2.05) is 20.8 Å². The van der Waals surface area contributed by atoms with E-state index < -0.39 is 0 Å². The molecule has 1 rings (SSSR count). The van der Waals surface area contributed by atoms with E-state index in [1.54, 1.807) is 0 Å². The lowest BCUT2D eigenvalue weighted by Crippen LogP contribution is -2.20. The first-order chi connectivity index (χ1) is 8.54. The molecule has 0 aliphatic heterocycles. The van der Waals surface area contributed by atoms with Crippen LogP contribution in [0.5, 0.6) is 0 Å². The van der Waals surface area contributed by atoms with E-state index >= 15 is 0 Å². The number of esters is 1. The summed E-state index contributed by atoms with van der Waals surface area (Å²) in [6, 6.07) is 0. The topological polar surface area (TPSA) is 43.4 Å². The molecule has 3 nitrogen and oxygen atoms in total. The summed E-state index contributed by atoms with van der Waals surface area (Å²) in [6.07, 6.45) is 3.03. The molecule has 0 spiro atoms. The lowest BCUT2D eigenvalue weighted by molar-refractivity contribution is -0.148. The highest BCUT2D eigenvalue weighted by Crippen LogP contribution is 2.33. The third-order valence-electron chi connectivity index (χ3n) is 3.16. The van der Waals surface area contributed by atoms with Crippen molar-refractivity contribution in [2.75, 3.05) is 0 Å². The zero-order chi connectivity index (χ0) is 13.5. The maximum atomic E-state index is 11.8. The molecular weight excluding hydrogens is 228 g/mol. The minimum atomic E-state index is -0.196. The predicted octanol–water partition coefficient (Wildman–Crippen LogP) is 2.73. The van der Waals surface area contributed by atoms with Crippen molar-refractivity contribution in [1.82, 2.24) is 0 Å². The van der Waals surface area contributed by atoms with Gasteiger partial charge in [0.05, 0.1) is 6.10 Å². The van der Waals surface area contributed by atoms with Crippen LogP contribution in [0.25, 0.3) is 0 Å². The van der Waals surface area contributed by atoms with Gasteiger partial charge >= 0.3 is 5.97 Å². The van der Waals surface area contributed by atoms with Crippen molar-refractivity contribution in [3.8, 4) is 11.8 Å². The SMILES string of the molecule is CCC#CCC1C(=O)CCC1CC(=O)OC(C)C. The Labute approximate surface area is 109 Å². The third kappa shape index (κ3) is 4.52. The fourth-order valence-electron chi connectivity index (χ4n) is 2.33. The first-order valence-electron chi connectivity index (χ1n) is 6.72. The van der Waals surface area contributed by atoms with Crippen molar-refractivity contribution in [2.45, 2.75) is 59.0 Å². The van der Waals surface area contributed by atoms with Gasteiger partial charge in [-0.05, 0) is 26.2 Å². The Kier molecular flexibility index (Phi) is 5.91. The van der Waals surface area contributed by atoms with Crippen LogP contribution in [-0.2, 0) is 14.3 Å². The molecule has 0 aromatic rings. The van der Waals surface area contributed by atoms with Gasteiger partial charge in [-0.25, -0.2) is 0 Å². The van der Waals surface area contributed by atoms with E-state index in [0.717, 1.165) is 12.8 Å². The van der Waals surface area contributed by atoms with Crippen molar-refractivity contribution in [3.05, 3.63) is 0 Å². The largest absolute Gasteiger partial charge is 0.463 e. The maximum absolute atomic E-state index is 11.8. The van der Waals surface area contributed by atoms with E-state index in [0.29, 0.717) is 19.3 Å². The summed E-state index contributed by atoms with van der Waals surface area (Å²) in [5.74, 6) is 6.12. The molecule has 1 fully saturated rings. The number of ether oxygens (including phenoxy) is 1. The van der Waals surface area contributed by atoms with Gasteiger partial charge in [-0.15, -0.1) is 11.8 Å². The smallest absolute Gasteiger partial charge is 0.306 e. The Bertz CT molecular complexity index is 360. The number of carbonyl (C=O) groups excluding carboxylic acids is 2. The number of hydrogen-bond donors (Lipinski definition) is 0. The molecule has 3 heteroatoms. The van der Waals surface area contributed by atoms with Gasteiger partial charge in [0.15, 0.2) is 0 Å². The maximum Gasteiger partial charge on any atom is 0.306 e. The van der Waals surface area contributed by atoms with Gasteiger partial charge in [-0.2, -0.15) is 0 Å². The van der Waals surface area contributed by atoms with Crippen molar-refractivity contribution >= 4 is 11.8 Å². The molecule has 100 valence electrons. The summed E-state index contributed by atoms with van der Waals surface area (Å²) >= 11 is 0. The molecule has 0 N–H and O–H groups in total. The van der Waals surface area contributed by atoms with Gasteiger partial charge in [0.1, 0.15) is 5.78 Å². The molecular formula is C15H22O3. The quantitative estimate of drug-likeness (QED) is 0.569. The molecule has 18 heavy (non-hydrogen) atoms. The van der Waals surface area contributed by atoms with Gasteiger partial charge in [0, 0.05) is 31.6 Å². The Morgan fingerprint density at radius 2 is 2.17 bits per heavy atom. The number of rotatable bonds is 4. The Hall–Kier alpha value is -1.30. The molecule has 0 bridgehead atoms. The van der Waals surface area contributed by atoms with E-state index in [1.165, 1.54) is 0 Å². The summed E-state index contributed by atoms with van der Waals surface area (Å²) in [5, 5.41) is 0. The fourth-order valence-corrected chi connectivity index (χ4v) is 2.33. The van der Waals surface area contributed by atoms with Crippen molar-refractivity contribution in [1.29, 1.82) is 0 Å². The Morgan fingerprint density at radius 3 is 2.78 bits per heavy atom. The van der Waals surface area contributed by atoms with E-state index in [9.17, 15) is 9.59 Å². The van der Waals surface area contributed by atoms with Crippen LogP contribution >= 0.6 is 0 Å². The first-order valence-corrected chi connectivity index (χ1v) is 6.72. The van der Waals surface area contributed by atoms with Gasteiger partial charge in [0.2, 0.25) is 0 Å². The fraction of sp³-hybridized carbons (Fsp3) is 0.733. The van der Waals surface area contributed by atoms with Crippen LogP contribution in [0.4, 0.5) is 0 Å². The summed E-state index contributed by atoms with van der Waals surface area (Å²) in [7, 11) is 0. The second-order valence-corrected chi connectivity index (χ2v) is 5.03. The Balaban J connectivity index is 2.52. The lowest BCUT2D eigenvalue weighted by atomic mass is 9.90. The molecule has 0 amide bonds. The van der Waals surface area contributed by atoms with Crippen molar-refractivity contribution in [2.24, 2.45) is 11.8 Å². The molecule has 1 saturated carbocycles. The summed E-state index contributed by atoms with van der Waals surface area (Å²) in [4.78, 5) is 23.4. The Morgan fingerprint density at radius 1 is 1.44 bits per heavy atom. The zero-order valence-corrected chi connectivity index (χ0v) is 11.5. The van der Waals surface area contributed by atoms with Gasteiger partial charge < -0.3 is 4.74 Å². The highest BCUT2D eigenvalue weighted by atomic mass is 16.5. The number of carbonyl (C=O) groups is 2. The number of hydrogen-bond acceptors (Lipinski definition) is 3. The molecule has 2 atom stereocenters. The van der Waals surface area contributed by atoms with Crippen LogP contribution in [-0.4, -0.2) is 17.9 Å². The standard InChI is InChI=1S/C15H22O3/c1-4-5-6-7-13-12(8-9-14(13)16)10-15(17)18-11(2)3/h11-13H,4,7-10H2,1-3H3. The highest BCUT2D eigenvalue weighted by Gasteiger charge is 2.35. The van der Waals surface area contributed by atoms with E-state index in [-0.39, 0.29) is 29.7 Å². The number of Topliss-reactive ketones (excluding diaryl/α,β-unsaturated/α-hetero) is 1. The van der Waals surface area contributed by atoms with Gasteiger partial charge in [0.25, 0.3) is 0 Å².